The lowest BCUT2D eigenvalue weighted by Crippen LogP contribution is -2.13. The highest BCUT2D eigenvalue weighted by Gasteiger charge is 2.16. The highest BCUT2D eigenvalue weighted by atomic mass is 35.5. The molecule has 1 unspecified atom stereocenters. The van der Waals surface area contributed by atoms with Crippen molar-refractivity contribution in [3.8, 4) is 0 Å². The summed E-state index contributed by atoms with van der Waals surface area (Å²) in [7, 11) is 0. The zero-order valence-corrected chi connectivity index (χ0v) is 11.0. The minimum atomic E-state index is 0.691. The third-order valence-corrected chi connectivity index (χ3v) is 4.64. The molecule has 5 heteroatoms. The van der Waals surface area contributed by atoms with Crippen LogP contribution in [0.5, 0.6) is 0 Å². The minimum Gasteiger partial charge on any atom is -0.219 e. The van der Waals surface area contributed by atoms with Crippen LogP contribution in [-0.2, 0) is 6.42 Å². The van der Waals surface area contributed by atoms with Crippen molar-refractivity contribution in [3.63, 3.8) is 0 Å². The Bertz CT molecular complexity index is 519. The number of pyridine rings is 1. The van der Waals surface area contributed by atoms with Crippen LogP contribution in [0.25, 0.3) is 5.65 Å². The number of rotatable bonds is 2. The maximum absolute atomic E-state index is 5.93. The zero-order chi connectivity index (χ0) is 11.7. The first kappa shape index (κ1) is 11.4. The summed E-state index contributed by atoms with van der Waals surface area (Å²) >= 11 is 7.98. The Labute approximate surface area is 110 Å². The quantitative estimate of drug-likeness (QED) is 0.837. The van der Waals surface area contributed by atoms with Crippen molar-refractivity contribution in [3.05, 3.63) is 29.2 Å². The van der Waals surface area contributed by atoms with E-state index < -0.39 is 0 Å². The molecule has 1 atom stereocenters. The van der Waals surface area contributed by atoms with Gasteiger partial charge in [0.25, 0.3) is 0 Å². The van der Waals surface area contributed by atoms with Crippen molar-refractivity contribution >= 4 is 29.0 Å². The summed E-state index contributed by atoms with van der Waals surface area (Å²) in [6, 6.07) is 3.76. The van der Waals surface area contributed by atoms with E-state index in [4.69, 9.17) is 11.6 Å². The number of nitrogens with zero attached hydrogens (tertiary/aromatic N) is 3. The van der Waals surface area contributed by atoms with Gasteiger partial charge in [0.05, 0.1) is 5.02 Å². The Hall–Kier alpha value is -0.740. The molecular formula is C12H14ClN3S. The van der Waals surface area contributed by atoms with E-state index in [0.29, 0.717) is 10.3 Å². The summed E-state index contributed by atoms with van der Waals surface area (Å²) in [5.74, 6) is 2.22. The number of fused-ring (bicyclic) bond motifs is 1. The molecule has 0 bridgehead atoms. The summed E-state index contributed by atoms with van der Waals surface area (Å²) in [6.07, 6.45) is 6.78. The monoisotopic (exact) mass is 267 g/mol. The lowest BCUT2D eigenvalue weighted by atomic mass is 10.1. The second-order valence-corrected chi connectivity index (χ2v) is 6.22. The maximum Gasteiger partial charge on any atom is 0.155 e. The van der Waals surface area contributed by atoms with Crippen LogP contribution in [0.3, 0.4) is 0 Å². The molecule has 3 heterocycles. The largest absolute Gasteiger partial charge is 0.219 e. The molecule has 1 saturated heterocycles. The molecule has 17 heavy (non-hydrogen) atoms. The molecule has 0 aromatic carbocycles. The second-order valence-electron chi connectivity index (χ2n) is 4.37. The molecule has 0 N–H and O–H groups in total. The Morgan fingerprint density at radius 2 is 2.35 bits per heavy atom. The van der Waals surface area contributed by atoms with Gasteiger partial charge < -0.3 is 0 Å². The molecule has 3 rings (SSSR count). The lowest BCUT2D eigenvalue weighted by Gasteiger charge is -2.19. The normalized spacial score (nSPS) is 20.9. The maximum atomic E-state index is 5.93. The SMILES string of the molecule is Clc1ccc2nc(CC3CCCCS3)nn2c1. The molecule has 0 saturated carbocycles. The van der Waals surface area contributed by atoms with Crippen molar-refractivity contribution in [1.82, 2.24) is 14.6 Å². The topological polar surface area (TPSA) is 30.2 Å². The van der Waals surface area contributed by atoms with E-state index in [1.165, 1.54) is 25.0 Å². The van der Waals surface area contributed by atoms with Gasteiger partial charge in [-0.2, -0.15) is 16.9 Å². The van der Waals surface area contributed by atoms with Gasteiger partial charge in [-0.25, -0.2) is 9.50 Å². The summed E-state index contributed by atoms with van der Waals surface area (Å²) in [6.45, 7) is 0. The fourth-order valence-electron chi connectivity index (χ4n) is 2.16. The number of thioether (sulfide) groups is 1. The van der Waals surface area contributed by atoms with Gasteiger partial charge in [0.15, 0.2) is 11.5 Å². The van der Waals surface area contributed by atoms with Crippen molar-refractivity contribution in [2.45, 2.75) is 30.9 Å². The van der Waals surface area contributed by atoms with Crippen molar-refractivity contribution in [2.75, 3.05) is 5.75 Å². The van der Waals surface area contributed by atoms with Crippen LogP contribution in [0.2, 0.25) is 5.02 Å². The molecule has 0 spiro atoms. The predicted molar refractivity (Wildman–Crippen MR) is 71.8 cm³/mol. The molecule has 1 fully saturated rings. The number of hydrogen-bond acceptors (Lipinski definition) is 3. The molecular weight excluding hydrogens is 254 g/mol. The predicted octanol–water partition coefficient (Wildman–Crippen LogP) is 3.21. The second kappa shape index (κ2) is 4.86. The molecule has 0 amide bonds. The third-order valence-electron chi connectivity index (χ3n) is 3.02. The first-order chi connectivity index (χ1) is 8.31. The van der Waals surface area contributed by atoms with E-state index in [0.717, 1.165) is 17.9 Å². The number of hydrogen-bond donors (Lipinski definition) is 0. The van der Waals surface area contributed by atoms with Gasteiger partial charge in [0.1, 0.15) is 0 Å². The Balaban J connectivity index is 1.80. The van der Waals surface area contributed by atoms with E-state index in [1.54, 1.807) is 10.7 Å². The van der Waals surface area contributed by atoms with Crippen LogP contribution in [0.4, 0.5) is 0 Å². The Kier molecular flexibility index (Phi) is 3.25. The zero-order valence-electron chi connectivity index (χ0n) is 9.47. The average molecular weight is 268 g/mol. The summed E-state index contributed by atoms with van der Waals surface area (Å²) in [5.41, 5.74) is 0.880. The van der Waals surface area contributed by atoms with Gasteiger partial charge in [-0.05, 0) is 30.7 Å². The van der Waals surface area contributed by atoms with E-state index in [-0.39, 0.29) is 0 Å². The number of aromatic nitrogens is 3. The van der Waals surface area contributed by atoms with Gasteiger partial charge in [-0.1, -0.05) is 18.0 Å². The molecule has 3 nitrogen and oxygen atoms in total. The molecule has 1 aliphatic heterocycles. The molecule has 0 aliphatic carbocycles. The molecule has 90 valence electrons. The fourth-order valence-corrected chi connectivity index (χ4v) is 3.62. The summed E-state index contributed by atoms with van der Waals surface area (Å²) in [4.78, 5) is 4.53. The molecule has 0 radical (unpaired) electrons. The van der Waals surface area contributed by atoms with Crippen LogP contribution in [0, 0.1) is 0 Å². The van der Waals surface area contributed by atoms with Crippen LogP contribution in [0.15, 0.2) is 18.3 Å². The minimum absolute atomic E-state index is 0.691. The van der Waals surface area contributed by atoms with E-state index in [1.807, 2.05) is 12.1 Å². The Morgan fingerprint density at radius 3 is 3.18 bits per heavy atom. The first-order valence-corrected chi connectivity index (χ1v) is 7.36. The first-order valence-electron chi connectivity index (χ1n) is 5.94. The smallest absolute Gasteiger partial charge is 0.155 e. The highest BCUT2D eigenvalue weighted by molar-refractivity contribution is 7.99. The van der Waals surface area contributed by atoms with E-state index in [2.05, 4.69) is 21.8 Å². The summed E-state index contributed by atoms with van der Waals surface area (Å²) < 4.78 is 1.77. The van der Waals surface area contributed by atoms with Crippen molar-refractivity contribution in [2.24, 2.45) is 0 Å². The van der Waals surface area contributed by atoms with Crippen LogP contribution >= 0.6 is 23.4 Å². The third kappa shape index (κ3) is 2.58. The van der Waals surface area contributed by atoms with Crippen LogP contribution in [-0.4, -0.2) is 25.6 Å². The highest BCUT2D eigenvalue weighted by Crippen LogP contribution is 2.27. The van der Waals surface area contributed by atoms with Crippen molar-refractivity contribution in [1.29, 1.82) is 0 Å². The standard InChI is InChI=1S/C12H14ClN3S/c13-9-4-5-12-14-11(15-16(12)8-9)7-10-3-1-2-6-17-10/h4-5,8,10H,1-3,6-7H2. The van der Waals surface area contributed by atoms with Gasteiger partial charge in [-0.3, -0.25) is 0 Å². The van der Waals surface area contributed by atoms with E-state index in [9.17, 15) is 0 Å². The van der Waals surface area contributed by atoms with Crippen molar-refractivity contribution < 1.29 is 0 Å². The van der Waals surface area contributed by atoms with Crippen LogP contribution in [0.1, 0.15) is 25.1 Å². The van der Waals surface area contributed by atoms with Crippen LogP contribution < -0.4 is 0 Å². The number of halogens is 1. The van der Waals surface area contributed by atoms with Gasteiger partial charge >= 0.3 is 0 Å². The van der Waals surface area contributed by atoms with Gasteiger partial charge in [0.2, 0.25) is 0 Å². The fraction of sp³-hybridized carbons (Fsp3) is 0.500. The molecule has 1 aliphatic rings. The molecule has 2 aromatic rings. The Morgan fingerprint density at radius 1 is 1.41 bits per heavy atom. The lowest BCUT2D eigenvalue weighted by molar-refractivity contribution is 0.647. The van der Waals surface area contributed by atoms with Gasteiger partial charge in [-0.15, -0.1) is 0 Å². The summed E-state index contributed by atoms with van der Waals surface area (Å²) in [5, 5.41) is 5.86. The molecule has 2 aromatic heterocycles. The van der Waals surface area contributed by atoms with E-state index >= 15 is 0 Å². The van der Waals surface area contributed by atoms with Gasteiger partial charge in [0, 0.05) is 17.9 Å². The average Bonchev–Trinajstić information content (AvgIpc) is 2.71.